The number of carbonyl (C=O) groups is 1. The van der Waals surface area contributed by atoms with Gasteiger partial charge in [-0.3, -0.25) is 4.79 Å². The standard InChI is InChI=1S/C12H16BrNO3/c1-12(2,13)11(17)14-6-5-8-3-4-9(15)10(16)7-8/h3-4,7,15-16H,5-6H2,1-2H3,(H,14,17). The maximum Gasteiger partial charge on any atom is 0.236 e. The van der Waals surface area contributed by atoms with E-state index in [4.69, 9.17) is 5.11 Å². The van der Waals surface area contributed by atoms with E-state index in [0.29, 0.717) is 13.0 Å². The third kappa shape index (κ3) is 4.26. The quantitative estimate of drug-likeness (QED) is 0.588. The SMILES string of the molecule is CC(C)(Br)C(=O)NCCc1ccc(O)c(O)c1. The Kier molecular flexibility index (Phi) is 4.40. The zero-order chi connectivity index (χ0) is 13.1. The first-order chi connectivity index (χ1) is 7.80. The highest BCUT2D eigenvalue weighted by Gasteiger charge is 2.22. The van der Waals surface area contributed by atoms with Crippen LogP contribution in [0.15, 0.2) is 18.2 Å². The van der Waals surface area contributed by atoms with Crippen LogP contribution in [0, 0.1) is 0 Å². The second-order valence-electron chi connectivity index (χ2n) is 4.30. The summed E-state index contributed by atoms with van der Waals surface area (Å²) in [6.45, 7) is 4.03. The number of carbonyl (C=O) groups excluding carboxylic acids is 1. The van der Waals surface area contributed by atoms with Crippen molar-refractivity contribution >= 4 is 21.8 Å². The molecule has 0 saturated heterocycles. The first-order valence-electron chi connectivity index (χ1n) is 5.29. The van der Waals surface area contributed by atoms with Gasteiger partial charge in [-0.2, -0.15) is 0 Å². The van der Waals surface area contributed by atoms with Crippen LogP contribution in [0.25, 0.3) is 0 Å². The summed E-state index contributed by atoms with van der Waals surface area (Å²) in [6.07, 6.45) is 0.600. The molecule has 0 radical (unpaired) electrons. The predicted octanol–water partition coefficient (Wildman–Crippen LogP) is 1.93. The van der Waals surface area contributed by atoms with E-state index in [1.807, 2.05) is 0 Å². The molecule has 0 aliphatic heterocycles. The number of hydrogen-bond donors (Lipinski definition) is 3. The Bertz CT molecular complexity index is 413. The molecule has 0 unspecified atom stereocenters. The maximum atomic E-state index is 11.5. The summed E-state index contributed by atoms with van der Waals surface area (Å²) in [5.41, 5.74) is 0.855. The minimum atomic E-state index is -0.579. The van der Waals surface area contributed by atoms with Crippen molar-refractivity contribution in [2.75, 3.05) is 6.54 Å². The third-order valence-corrected chi connectivity index (χ3v) is 2.64. The number of rotatable bonds is 4. The Morgan fingerprint density at radius 1 is 1.35 bits per heavy atom. The number of hydrogen-bond acceptors (Lipinski definition) is 3. The molecule has 1 aromatic rings. The fourth-order valence-corrected chi connectivity index (χ4v) is 1.40. The van der Waals surface area contributed by atoms with Crippen LogP contribution in [-0.4, -0.2) is 27.0 Å². The predicted molar refractivity (Wildman–Crippen MR) is 69.5 cm³/mol. The van der Waals surface area contributed by atoms with Crippen molar-refractivity contribution in [3.63, 3.8) is 0 Å². The lowest BCUT2D eigenvalue weighted by Gasteiger charge is -2.15. The molecular weight excluding hydrogens is 286 g/mol. The van der Waals surface area contributed by atoms with Crippen molar-refractivity contribution in [2.45, 2.75) is 24.6 Å². The Balaban J connectivity index is 2.46. The molecule has 0 heterocycles. The van der Waals surface area contributed by atoms with Gasteiger partial charge in [-0.1, -0.05) is 22.0 Å². The average Bonchev–Trinajstić information content (AvgIpc) is 2.22. The van der Waals surface area contributed by atoms with Crippen LogP contribution in [-0.2, 0) is 11.2 Å². The van der Waals surface area contributed by atoms with Crippen LogP contribution in [0.4, 0.5) is 0 Å². The van der Waals surface area contributed by atoms with E-state index in [1.165, 1.54) is 12.1 Å². The van der Waals surface area contributed by atoms with Gasteiger partial charge in [0.1, 0.15) is 0 Å². The first kappa shape index (κ1) is 13.8. The molecule has 0 aliphatic rings. The van der Waals surface area contributed by atoms with Crippen LogP contribution in [0.3, 0.4) is 0 Å². The Labute approximate surface area is 109 Å². The van der Waals surface area contributed by atoms with Crippen LogP contribution < -0.4 is 5.32 Å². The van der Waals surface area contributed by atoms with E-state index < -0.39 is 4.32 Å². The topological polar surface area (TPSA) is 69.6 Å². The second-order valence-corrected chi connectivity index (χ2v) is 6.28. The summed E-state index contributed by atoms with van der Waals surface area (Å²) in [5.74, 6) is -0.366. The van der Waals surface area contributed by atoms with Crippen molar-refractivity contribution in [1.82, 2.24) is 5.32 Å². The van der Waals surface area contributed by atoms with Gasteiger partial charge in [-0.15, -0.1) is 0 Å². The molecule has 1 aromatic carbocycles. The summed E-state index contributed by atoms with van der Waals surface area (Å²) < 4.78 is -0.579. The highest BCUT2D eigenvalue weighted by atomic mass is 79.9. The van der Waals surface area contributed by atoms with Gasteiger partial charge in [-0.05, 0) is 38.0 Å². The molecule has 0 aliphatic carbocycles. The van der Waals surface area contributed by atoms with Crippen molar-refractivity contribution in [2.24, 2.45) is 0 Å². The van der Waals surface area contributed by atoms with Crippen LogP contribution in [0.1, 0.15) is 19.4 Å². The summed E-state index contributed by atoms with van der Waals surface area (Å²) >= 11 is 3.27. The lowest BCUT2D eigenvalue weighted by molar-refractivity contribution is -0.122. The smallest absolute Gasteiger partial charge is 0.236 e. The molecule has 0 bridgehead atoms. The molecule has 0 saturated carbocycles. The van der Waals surface area contributed by atoms with E-state index in [0.717, 1.165) is 5.56 Å². The maximum absolute atomic E-state index is 11.5. The normalized spacial score (nSPS) is 11.2. The Morgan fingerprint density at radius 3 is 2.53 bits per heavy atom. The van der Waals surface area contributed by atoms with E-state index in [9.17, 15) is 9.90 Å². The summed E-state index contributed by atoms with van der Waals surface area (Å²) in [7, 11) is 0. The summed E-state index contributed by atoms with van der Waals surface area (Å²) in [6, 6.07) is 4.63. The fraction of sp³-hybridized carbons (Fsp3) is 0.417. The highest BCUT2D eigenvalue weighted by molar-refractivity contribution is 9.10. The number of amides is 1. The number of aromatic hydroxyl groups is 2. The molecule has 17 heavy (non-hydrogen) atoms. The van der Waals surface area contributed by atoms with Crippen LogP contribution >= 0.6 is 15.9 Å². The molecule has 4 nitrogen and oxygen atoms in total. The minimum Gasteiger partial charge on any atom is -0.504 e. The molecule has 94 valence electrons. The number of alkyl halides is 1. The third-order valence-electron chi connectivity index (χ3n) is 2.28. The number of phenolic OH excluding ortho intramolecular Hbond substituents is 2. The van der Waals surface area contributed by atoms with E-state index in [1.54, 1.807) is 19.9 Å². The van der Waals surface area contributed by atoms with Gasteiger partial charge in [0.2, 0.25) is 5.91 Å². The average molecular weight is 302 g/mol. The number of phenols is 2. The first-order valence-corrected chi connectivity index (χ1v) is 6.08. The Hall–Kier alpha value is -1.23. The Morgan fingerprint density at radius 2 is 2.00 bits per heavy atom. The zero-order valence-electron chi connectivity index (χ0n) is 9.83. The van der Waals surface area contributed by atoms with Crippen molar-refractivity contribution in [3.05, 3.63) is 23.8 Å². The molecule has 5 heteroatoms. The van der Waals surface area contributed by atoms with E-state index in [-0.39, 0.29) is 17.4 Å². The van der Waals surface area contributed by atoms with Crippen molar-refractivity contribution in [1.29, 1.82) is 0 Å². The number of halogens is 1. The molecule has 0 spiro atoms. The molecule has 0 aromatic heterocycles. The number of nitrogens with one attached hydrogen (secondary N) is 1. The van der Waals surface area contributed by atoms with E-state index in [2.05, 4.69) is 21.2 Å². The number of benzene rings is 1. The summed E-state index contributed by atoms with van der Waals surface area (Å²) in [5, 5.41) is 21.2. The molecule has 0 atom stereocenters. The zero-order valence-corrected chi connectivity index (χ0v) is 11.4. The van der Waals surface area contributed by atoms with E-state index >= 15 is 0 Å². The van der Waals surface area contributed by atoms with Gasteiger partial charge >= 0.3 is 0 Å². The van der Waals surface area contributed by atoms with Gasteiger partial charge < -0.3 is 15.5 Å². The van der Waals surface area contributed by atoms with Crippen LogP contribution in [0.2, 0.25) is 0 Å². The van der Waals surface area contributed by atoms with Crippen molar-refractivity contribution < 1.29 is 15.0 Å². The molecular formula is C12H16BrNO3. The van der Waals surface area contributed by atoms with Crippen molar-refractivity contribution in [3.8, 4) is 11.5 Å². The molecule has 1 rings (SSSR count). The van der Waals surface area contributed by atoms with Gasteiger partial charge in [0, 0.05) is 6.54 Å². The molecule has 1 amide bonds. The van der Waals surface area contributed by atoms with Crippen LogP contribution in [0.5, 0.6) is 11.5 Å². The van der Waals surface area contributed by atoms with Gasteiger partial charge in [0.25, 0.3) is 0 Å². The van der Waals surface area contributed by atoms with Gasteiger partial charge in [0.15, 0.2) is 11.5 Å². The monoisotopic (exact) mass is 301 g/mol. The molecule has 3 N–H and O–H groups in total. The fourth-order valence-electron chi connectivity index (χ4n) is 1.26. The minimum absolute atomic E-state index is 0.0829. The van der Waals surface area contributed by atoms with Gasteiger partial charge in [0.05, 0.1) is 4.32 Å². The lowest BCUT2D eigenvalue weighted by Crippen LogP contribution is -2.38. The lowest BCUT2D eigenvalue weighted by atomic mass is 10.1. The largest absolute Gasteiger partial charge is 0.504 e. The highest BCUT2D eigenvalue weighted by Crippen LogP contribution is 2.24. The second kappa shape index (κ2) is 5.40. The summed E-state index contributed by atoms with van der Waals surface area (Å²) in [4.78, 5) is 11.5. The molecule has 0 fully saturated rings. The van der Waals surface area contributed by atoms with Gasteiger partial charge in [-0.25, -0.2) is 0 Å².